The first-order chi connectivity index (χ1) is 15.0. The molecule has 1 aliphatic heterocycles. The molecule has 1 aromatic heterocycles. The van der Waals surface area contributed by atoms with Crippen LogP contribution < -0.4 is 4.90 Å². The van der Waals surface area contributed by atoms with Crippen LogP contribution in [-0.2, 0) is 14.8 Å². The first kappa shape index (κ1) is 22.2. The number of halogens is 1. The number of anilines is 1. The molecule has 7 nitrogen and oxygen atoms in total. The molecule has 0 spiro atoms. The molecule has 31 heavy (non-hydrogen) atoms. The zero-order valence-corrected chi connectivity index (χ0v) is 18.8. The predicted molar refractivity (Wildman–Crippen MR) is 119 cm³/mol. The van der Waals surface area contributed by atoms with E-state index in [1.54, 1.807) is 17.2 Å². The first-order valence-corrected chi connectivity index (χ1v) is 12.4. The maximum Gasteiger partial charge on any atom is 0.259 e. The largest absolute Gasteiger partial charge is 0.379 e. The molecule has 2 fully saturated rings. The molecular weight excluding hydrogens is 438 g/mol. The fraction of sp³-hybridized carbons (Fsp3) is 0.455. The number of amides is 1. The number of rotatable bonds is 5. The van der Waals surface area contributed by atoms with Crippen LogP contribution in [0, 0.1) is 0 Å². The van der Waals surface area contributed by atoms with Crippen molar-refractivity contribution in [1.82, 2.24) is 9.29 Å². The smallest absolute Gasteiger partial charge is 0.259 e. The second-order valence-electron chi connectivity index (χ2n) is 7.82. The molecular formula is C22H26ClN3O4S. The Balaban J connectivity index is 1.70. The Morgan fingerprint density at radius 3 is 2.52 bits per heavy atom. The number of pyridine rings is 1. The van der Waals surface area contributed by atoms with E-state index in [2.05, 4.69) is 4.98 Å². The SMILES string of the molecule is O=C(c1ccc(Cl)c(S(=O)(=O)N2CCOCC2)c1)N(c1ccccn1)C1CCCCC1. The van der Waals surface area contributed by atoms with E-state index in [-0.39, 0.29) is 40.5 Å². The van der Waals surface area contributed by atoms with Crippen molar-refractivity contribution >= 4 is 33.3 Å². The molecule has 1 saturated carbocycles. The summed E-state index contributed by atoms with van der Waals surface area (Å²) in [5.74, 6) is 0.313. The van der Waals surface area contributed by atoms with E-state index in [4.69, 9.17) is 16.3 Å². The first-order valence-electron chi connectivity index (χ1n) is 10.6. The number of aromatic nitrogens is 1. The number of hydrogen-bond donors (Lipinski definition) is 0. The molecule has 166 valence electrons. The highest BCUT2D eigenvalue weighted by atomic mass is 35.5. The van der Waals surface area contributed by atoms with E-state index >= 15 is 0 Å². The Kier molecular flexibility index (Phi) is 6.91. The zero-order valence-electron chi connectivity index (χ0n) is 17.2. The Labute approximate surface area is 188 Å². The minimum absolute atomic E-state index is 0.0335. The molecule has 9 heteroatoms. The van der Waals surface area contributed by atoms with Gasteiger partial charge >= 0.3 is 0 Å². The zero-order chi connectivity index (χ0) is 21.8. The van der Waals surface area contributed by atoms with E-state index in [9.17, 15) is 13.2 Å². The van der Waals surface area contributed by atoms with Gasteiger partial charge in [-0.2, -0.15) is 4.31 Å². The number of hydrogen-bond acceptors (Lipinski definition) is 5. The highest BCUT2D eigenvalue weighted by Crippen LogP contribution is 2.31. The maximum absolute atomic E-state index is 13.6. The molecule has 2 aromatic rings. The molecule has 1 aromatic carbocycles. The highest BCUT2D eigenvalue weighted by Gasteiger charge is 2.32. The van der Waals surface area contributed by atoms with Gasteiger partial charge in [0.15, 0.2) is 0 Å². The summed E-state index contributed by atoms with van der Waals surface area (Å²) in [6.07, 6.45) is 6.72. The number of nitrogens with zero attached hydrogens (tertiary/aromatic N) is 3. The molecule has 1 saturated heterocycles. The molecule has 4 rings (SSSR count). The fourth-order valence-corrected chi connectivity index (χ4v) is 6.10. The fourth-order valence-electron chi connectivity index (χ4n) is 4.19. The van der Waals surface area contributed by atoms with Crippen molar-refractivity contribution in [3.8, 4) is 0 Å². The lowest BCUT2D eigenvalue weighted by Gasteiger charge is -2.34. The van der Waals surface area contributed by atoms with Gasteiger partial charge in [0, 0.05) is 30.9 Å². The van der Waals surface area contributed by atoms with Crippen LogP contribution in [0.15, 0.2) is 47.5 Å². The van der Waals surface area contributed by atoms with Crippen molar-refractivity contribution in [2.75, 3.05) is 31.2 Å². The monoisotopic (exact) mass is 463 g/mol. The van der Waals surface area contributed by atoms with Crippen molar-refractivity contribution in [1.29, 1.82) is 0 Å². The van der Waals surface area contributed by atoms with Crippen molar-refractivity contribution in [3.63, 3.8) is 0 Å². The van der Waals surface area contributed by atoms with E-state index in [0.29, 0.717) is 19.0 Å². The number of sulfonamides is 1. The Morgan fingerprint density at radius 1 is 1.10 bits per heavy atom. The van der Waals surface area contributed by atoms with E-state index in [1.807, 2.05) is 18.2 Å². The minimum Gasteiger partial charge on any atom is -0.379 e. The Bertz CT molecular complexity index is 1020. The second kappa shape index (κ2) is 9.65. The van der Waals surface area contributed by atoms with Crippen LogP contribution in [-0.4, -0.2) is 56.0 Å². The van der Waals surface area contributed by atoms with Gasteiger partial charge in [-0.05, 0) is 43.2 Å². The van der Waals surface area contributed by atoms with Crippen LogP contribution in [0.4, 0.5) is 5.82 Å². The summed E-state index contributed by atoms with van der Waals surface area (Å²) in [5.41, 5.74) is 0.285. The molecule has 0 unspecified atom stereocenters. The number of benzene rings is 1. The van der Waals surface area contributed by atoms with E-state index < -0.39 is 10.0 Å². The molecule has 0 bridgehead atoms. The van der Waals surface area contributed by atoms with Gasteiger partial charge in [0.25, 0.3) is 5.91 Å². The number of carbonyl (C=O) groups excluding carboxylic acids is 1. The average molecular weight is 464 g/mol. The molecule has 1 aliphatic carbocycles. The van der Waals surface area contributed by atoms with Crippen LogP contribution >= 0.6 is 11.6 Å². The molecule has 2 heterocycles. The molecule has 0 N–H and O–H groups in total. The molecule has 0 atom stereocenters. The second-order valence-corrected chi connectivity index (χ2v) is 10.1. The summed E-state index contributed by atoms with van der Waals surface area (Å²) in [6, 6.07) is 9.97. The lowest BCUT2D eigenvalue weighted by atomic mass is 9.93. The lowest BCUT2D eigenvalue weighted by molar-refractivity contribution is 0.0730. The van der Waals surface area contributed by atoms with Crippen molar-refractivity contribution < 1.29 is 17.9 Å². The van der Waals surface area contributed by atoms with Gasteiger partial charge in [-0.3, -0.25) is 9.69 Å². The highest BCUT2D eigenvalue weighted by molar-refractivity contribution is 7.89. The standard InChI is InChI=1S/C22H26ClN3O4S/c23-19-10-9-17(16-20(19)31(28,29)25-12-14-30-15-13-25)22(27)26(18-6-2-1-3-7-18)21-8-4-5-11-24-21/h4-5,8-11,16,18H,1-3,6-7,12-15H2. The van der Waals surface area contributed by atoms with Crippen molar-refractivity contribution in [2.24, 2.45) is 0 Å². The summed E-state index contributed by atoms with van der Waals surface area (Å²) in [4.78, 5) is 19.7. The van der Waals surface area contributed by atoms with Crippen LogP contribution in [0.2, 0.25) is 5.02 Å². The topological polar surface area (TPSA) is 79.8 Å². The van der Waals surface area contributed by atoms with Gasteiger partial charge in [-0.15, -0.1) is 0 Å². The van der Waals surface area contributed by atoms with Crippen LogP contribution in [0.5, 0.6) is 0 Å². The van der Waals surface area contributed by atoms with Crippen LogP contribution in [0.3, 0.4) is 0 Å². The molecule has 0 radical (unpaired) electrons. The summed E-state index contributed by atoms with van der Waals surface area (Å²) < 4.78 is 33.0. The van der Waals surface area contributed by atoms with Crippen molar-refractivity contribution in [2.45, 2.75) is 43.0 Å². The van der Waals surface area contributed by atoms with Crippen molar-refractivity contribution in [3.05, 3.63) is 53.2 Å². The van der Waals surface area contributed by atoms with Gasteiger partial charge in [0.05, 0.1) is 18.2 Å². The Morgan fingerprint density at radius 2 is 1.84 bits per heavy atom. The molecule has 2 aliphatic rings. The van der Waals surface area contributed by atoms with Crippen LogP contribution in [0.25, 0.3) is 0 Å². The van der Waals surface area contributed by atoms with Gasteiger partial charge < -0.3 is 4.74 Å². The van der Waals surface area contributed by atoms with Gasteiger partial charge in [0.1, 0.15) is 10.7 Å². The minimum atomic E-state index is -3.83. The quantitative estimate of drug-likeness (QED) is 0.674. The maximum atomic E-state index is 13.6. The average Bonchev–Trinajstić information content (AvgIpc) is 2.81. The molecule has 1 amide bonds. The summed E-state index contributed by atoms with van der Waals surface area (Å²) in [5, 5.41) is 0.102. The number of morpholine rings is 1. The normalized spacial score (nSPS) is 18.6. The van der Waals surface area contributed by atoms with Gasteiger partial charge in [-0.25, -0.2) is 13.4 Å². The third-order valence-electron chi connectivity index (χ3n) is 5.82. The lowest BCUT2D eigenvalue weighted by Crippen LogP contribution is -2.42. The summed E-state index contributed by atoms with van der Waals surface area (Å²) in [7, 11) is -3.83. The number of ether oxygens (including phenoxy) is 1. The van der Waals surface area contributed by atoms with E-state index in [0.717, 1.165) is 32.1 Å². The Hall–Kier alpha value is -2.00. The van der Waals surface area contributed by atoms with Crippen LogP contribution in [0.1, 0.15) is 42.5 Å². The third-order valence-corrected chi connectivity index (χ3v) is 8.20. The number of carbonyl (C=O) groups is 1. The van der Waals surface area contributed by atoms with Gasteiger partial charge in [0.2, 0.25) is 10.0 Å². The third kappa shape index (κ3) is 4.77. The van der Waals surface area contributed by atoms with Gasteiger partial charge in [-0.1, -0.05) is 36.9 Å². The van der Waals surface area contributed by atoms with E-state index in [1.165, 1.54) is 16.4 Å². The summed E-state index contributed by atoms with van der Waals surface area (Å²) in [6.45, 7) is 1.20. The summed E-state index contributed by atoms with van der Waals surface area (Å²) >= 11 is 6.28. The predicted octanol–water partition coefficient (Wildman–Crippen LogP) is 3.74.